The van der Waals surface area contributed by atoms with Crippen LogP contribution >= 0.6 is 0 Å². The molecule has 0 spiro atoms. The van der Waals surface area contributed by atoms with E-state index in [0.29, 0.717) is 13.4 Å². The van der Waals surface area contributed by atoms with Crippen LogP contribution in [0, 0.1) is 5.41 Å². The van der Waals surface area contributed by atoms with Gasteiger partial charge in [-0.25, -0.2) is 0 Å². The molecule has 1 aromatic carbocycles. The fourth-order valence-corrected chi connectivity index (χ4v) is 3.89. The monoisotopic (exact) mass is 316 g/mol. The van der Waals surface area contributed by atoms with E-state index >= 15 is 0 Å². The zero-order valence-corrected chi connectivity index (χ0v) is 14.4. The smallest absolute Gasteiger partial charge is 0.231 e. The van der Waals surface area contributed by atoms with Crippen molar-refractivity contribution in [2.75, 3.05) is 13.4 Å². The van der Waals surface area contributed by atoms with E-state index in [1.165, 1.54) is 36.8 Å². The number of hydrogen-bond donors (Lipinski definition) is 0. The molecule has 0 aliphatic carbocycles. The molecular formula is C20H28O3. The number of hydrogen-bond acceptors (Lipinski definition) is 3. The van der Waals surface area contributed by atoms with Gasteiger partial charge in [0.25, 0.3) is 0 Å². The van der Waals surface area contributed by atoms with E-state index < -0.39 is 0 Å². The van der Waals surface area contributed by atoms with Gasteiger partial charge in [-0.1, -0.05) is 52.2 Å². The maximum atomic E-state index is 6.23. The van der Waals surface area contributed by atoms with E-state index in [4.69, 9.17) is 14.2 Å². The van der Waals surface area contributed by atoms with E-state index in [1.54, 1.807) is 0 Å². The average molecular weight is 316 g/mol. The largest absolute Gasteiger partial charge is 0.454 e. The normalized spacial score (nSPS) is 21.8. The van der Waals surface area contributed by atoms with Crippen LogP contribution in [-0.4, -0.2) is 13.4 Å². The Morgan fingerprint density at radius 3 is 2.48 bits per heavy atom. The Balaban J connectivity index is 1.92. The molecule has 0 bridgehead atoms. The Hall–Kier alpha value is -1.48. The molecule has 3 heteroatoms. The summed E-state index contributed by atoms with van der Waals surface area (Å²) in [7, 11) is 0. The predicted octanol–water partition coefficient (Wildman–Crippen LogP) is 5.41. The van der Waals surface area contributed by atoms with Crippen LogP contribution < -0.4 is 9.47 Å². The minimum atomic E-state index is 0.0692. The van der Waals surface area contributed by atoms with Crippen LogP contribution in [0.15, 0.2) is 30.4 Å². The molecule has 0 aromatic heterocycles. The van der Waals surface area contributed by atoms with Crippen molar-refractivity contribution in [1.82, 2.24) is 0 Å². The number of ether oxygens (including phenoxy) is 3. The molecule has 1 saturated heterocycles. The Kier molecular flexibility index (Phi) is 4.96. The Labute approximate surface area is 139 Å². The Morgan fingerprint density at radius 1 is 1.09 bits per heavy atom. The third-order valence-electron chi connectivity index (χ3n) is 5.28. The summed E-state index contributed by atoms with van der Waals surface area (Å²) in [5, 5.41) is 0. The van der Waals surface area contributed by atoms with E-state index in [2.05, 4.69) is 32.6 Å². The first kappa shape index (κ1) is 16.4. The SMILES string of the molecule is C=C1COC(c2ccc3c(c2)OCO3)C1(CCCC)CCCC. The summed E-state index contributed by atoms with van der Waals surface area (Å²) in [6.07, 6.45) is 7.23. The lowest BCUT2D eigenvalue weighted by Gasteiger charge is -2.35. The average Bonchev–Trinajstić information content (AvgIpc) is 3.15. The van der Waals surface area contributed by atoms with Crippen molar-refractivity contribution < 1.29 is 14.2 Å². The molecule has 2 heterocycles. The molecule has 2 aliphatic rings. The number of unbranched alkanes of at least 4 members (excludes halogenated alkanes) is 2. The van der Waals surface area contributed by atoms with Gasteiger partial charge in [-0.15, -0.1) is 0 Å². The van der Waals surface area contributed by atoms with Crippen LogP contribution in [0.1, 0.15) is 64.0 Å². The van der Waals surface area contributed by atoms with Gasteiger partial charge in [-0.05, 0) is 36.1 Å². The van der Waals surface area contributed by atoms with E-state index in [0.717, 1.165) is 24.3 Å². The van der Waals surface area contributed by atoms with Crippen molar-refractivity contribution in [3.05, 3.63) is 35.9 Å². The van der Waals surface area contributed by atoms with Crippen molar-refractivity contribution in [3.63, 3.8) is 0 Å². The zero-order valence-electron chi connectivity index (χ0n) is 14.4. The van der Waals surface area contributed by atoms with Crippen molar-refractivity contribution in [2.24, 2.45) is 5.41 Å². The van der Waals surface area contributed by atoms with E-state index in [9.17, 15) is 0 Å². The van der Waals surface area contributed by atoms with Crippen LogP contribution in [0.5, 0.6) is 11.5 Å². The van der Waals surface area contributed by atoms with Gasteiger partial charge >= 0.3 is 0 Å². The van der Waals surface area contributed by atoms with Crippen molar-refractivity contribution in [1.29, 1.82) is 0 Å². The van der Waals surface area contributed by atoms with Crippen molar-refractivity contribution in [3.8, 4) is 11.5 Å². The van der Waals surface area contributed by atoms with Gasteiger partial charge in [0, 0.05) is 5.41 Å². The van der Waals surface area contributed by atoms with Gasteiger partial charge in [-0.3, -0.25) is 0 Å². The van der Waals surface area contributed by atoms with Crippen LogP contribution in [0.4, 0.5) is 0 Å². The van der Waals surface area contributed by atoms with Crippen LogP contribution in [0.3, 0.4) is 0 Å². The van der Waals surface area contributed by atoms with Gasteiger partial charge < -0.3 is 14.2 Å². The van der Waals surface area contributed by atoms with Gasteiger partial charge in [0.05, 0.1) is 12.7 Å². The molecule has 1 aromatic rings. The molecule has 1 fully saturated rings. The molecule has 0 radical (unpaired) electrons. The molecule has 1 unspecified atom stereocenters. The summed E-state index contributed by atoms with van der Waals surface area (Å²) < 4.78 is 17.2. The lowest BCUT2D eigenvalue weighted by Crippen LogP contribution is -2.26. The van der Waals surface area contributed by atoms with Gasteiger partial charge in [-0.2, -0.15) is 0 Å². The van der Waals surface area contributed by atoms with Crippen LogP contribution in [0.25, 0.3) is 0 Å². The minimum absolute atomic E-state index is 0.0692. The number of benzene rings is 1. The third-order valence-corrected chi connectivity index (χ3v) is 5.28. The number of rotatable bonds is 7. The first-order valence-electron chi connectivity index (χ1n) is 8.90. The summed E-state index contributed by atoms with van der Waals surface area (Å²) >= 11 is 0. The quantitative estimate of drug-likeness (QED) is 0.629. The highest BCUT2D eigenvalue weighted by Gasteiger charge is 2.46. The van der Waals surface area contributed by atoms with Crippen molar-refractivity contribution >= 4 is 0 Å². The van der Waals surface area contributed by atoms with Gasteiger partial charge in [0.2, 0.25) is 6.79 Å². The molecule has 2 aliphatic heterocycles. The second-order valence-corrected chi connectivity index (χ2v) is 6.77. The molecule has 0 N–H and O–H groups in total. The molecule has 1 atom stereocenters. The van der Waals surface area contributed by atoms with E-state index in [1.807, 2.05) is 6.07 Å². The summed E-state index contributed by atoms with van der Waals surface area (Å²) in [5.74, 6) is 1.67. The zero-order chi connectivity index (χ0) is 16.3. The lowest BCUT2D eigenvalue weighted by molar-refractivity contribution is 0.0381. The van der Waals surface area contributed by atoms with Crippen LogP contribution in [-0.2, 0) is 4.74 Å². The second-order valence-electron chi connectivity index (χ2n) is 6.77. The first-order valence-corrected chi connectivity index (χ1v) is 8.90. The Morgan fingerprint density at radius 2 is 1.78 bits per heavy atom. The maximum absolute atomic E-state index is 6.23. The molecular weight excluding hydrogens is 288 g/mol. The fraction of sp³-hybridized carbons (Fsp3) is 0.600. The van der Waals surface area contributed by atoms with Gasteiger partial charge in [0.1, 0.15) is 0 Å². The summed E-state index contributed by atoms with van der Waals surface area (Å²) in [5.41, 5.74) is 2.53. The first-order chi connectivity index (χ1) is 11.2. The lowest BCUT2D eigenvalue weighted by atomic mass is 9.69. The second kappa shape index (κ2) is 6.96. The summed E-state index contributed by atoms with van der Waals surface area (Å²) in [6, 6.07) is 6.23. The topological polar surface area (TPSA) is 27.7 Å². The predicted molar refractivity (Wildman–Crippen MR) is 91.9 cm³/mol. The van der Waals surface area contributed by atoms with Crippen LogP contribution in [0.2, 0.25) is 0 Å². The molecule has 3 rings (SSSR count). The Bertz CT molecular complexity index is 556. The fourth-order valence-electron chi connectivity index (χ4n) is 3.89. The minimum Gasteiger partial charge on any atom is -0.454 e. The highest BCUT2D eigenvalue weighted by Crippen LogP contribution is 2.55. The summed E-state index contributed by atoms with van der Waals surface area (Å²) in [6.45, 7) is 9.87. The molecule has 0 amide bonds. The highest BCUT2D eigenvalue weighted by atomic mass is 16.7. The molecule has 3 nitrogen and oxygen atoms in total. The molecule has 126 valence electrons. The third kappa shape index (κ3) is 2.99. The molecule has 23 heavy (non-hydrogen) atoms. The maximum Gasteiger partial charge on any atom is 0.231 e. The number of fused-ring (bicyclic) bond motifs is 1. The highest BCUT2D eigenvalue weighted by molar-refractivity contribution is 5.46. The summed E-state index contributed by atoms with van der Waals surface area (Å²) in [4.78, 5) is 0. The van der Waals surface area contributed by atoms with E-state index in [-0.39, 0.29) is 11.5 Å². The van der Waals surface area contributed by atoms with Gasteiger partial charge in [0.15, 0.2) is 11.5 Å². The standard InChI is InChI=1S/C20H28O3/c1-4-6-10-20(11-7-5-2)15(3)13-21-19(20)16-8-9-17-18(12-16)23-14-22-17/h8-9,12,19H,3-7,10-11,13-14H2,1-2H3. The molecule has 0 saturated carbocycles. The van der Waals surface area contributed by atoms with Crippen molar-refractivity contribution in [2.45, 2.75) is 58.5 Å².